The Morgan fingerprint density at radius 2 is 1.80 bits per heavy atom. The van der Waals surface area contributed by atoms with Crippen molar-refractivity contribution >= 4 is 46.5 Å². The first-order valence-corrected chi connectivity index (χ1v) is 11.4. The third-order valence-electron chi connectivity index (χ3n) is 5.45. The van der Waals surface area contributed by atoms with Crippen molar-refractivity contribution < 1.29 is 23.6 Å². The van der Waals surface area contributed by atoms with Crippen LogP contribution in [0, 0.1) is 19.7 Å². The second-order valence-electron chi connectivity index (χ2n) is 7.90. The minimum atomic E-state index is -0.614. The summed E-state index contributed by atoms with van der Waals surface area (Å²) in [6.07, 6.45) is 1.62. The Hall–Kier alpha value is -4.18. The van der Waals surface area contributed by atoms with Gasteiger partial charge in [0.15, 0.2) is 0 Å². The topological polar surface area (TPSA) is 114 Å². The van der Waals surface area contributed by atoms with Gasteiger partial charge in [0, 0.05) is 28.3 Å². The Morgan fingerprint density at radius 3 is 2.46 bits per heavy atom. The molecule has 4 rings (SSSR count). The Kier molecular flexibility index (Phi) is 6.57. The number of aromatic nitrogens is 1. The minimum Gasteiger partial charge on any atom is -0.366 e. The van der Waals surface area contributed by atoms with Crippen LogP contribution in [-0.4, -0.2) is 39.0 Å². The Bertz CT molecular complexity index is 1390. The van der Waals surface area contributed by atoms with Crippen molar-refractivity contribution in [2.24, 2.45) is 5.73 Å². The lowest BCUT2D eigenvalue weighted by Crippen LogP contribution is -2.36. The number of nitrogens with one attached hydrogen (secondary N) is 1. The number of hydrogen-bond donors (Lipinski definition) is 2. The molecule has 0 spiro atoms. The number of amides is 4. The number of carbonyl (C=O) groups excluding carboxylic acids is 4. The van der Waals surface area contributed by atoms with Crippen molar-refractivity contribution in [3.05, 3.63) is 87.8 Å². The number of thioether (sulfide) groups is 1. The molecule has 2 heterocycles. The number of anilines is 1. The van der Waals surface area contributed by atoms with E-state index < -0.39 is 35.3 Å². The number of nitrogens with zero attached hydrogens (tertiary/aromatic N) is 2. The molecule has 1 saturated heterocycles. The van der Waals surface area contributed by atoms with Crippen LogP contribution in [0.1, 0.15) is 27.3 Å². The van der Waals surface area contributed by atoms with Crippen molar-refractivity contribution in [2.75, 3.05) is 11.9 Å². The summed E-state index contributed by atoms with van der Waals surface area (Å²) >= 11 is 0.750. The fourth-order valence-electron chi connectivity index (χ4n) is 3.79. The lowest BCUT2D eigenvalue weighted by atomic mass is 10.2. The average molecular weight is 493 g/mol. The van der Waals surface area contributed by atoms with Gasteiger partial charge in [-0.25, -0.2) is 4.39 Å². The third kappa shape index (κ3) is 5.02. The van der Waals surface area contributed by atoms with Gasteiger partial charge in [-0.05, 0) is 85.8 Å². The highest BCUT2D eigenvalue weighted by molar-refractivity contribution is 8.18. The average Bonchev–Trinajstić information content (AvgIpc) is 3.23. The number of nitrogens with two attached hydrogens (primary N) is 1. The minimum absolute atomic E-state index is 0.192. The molecule has 1 aliphatic rings. The first-order chi connectivity index (χ1) is 16.6. The maximum absolute atomic E-state index is 13.3. The van der Waals surface area contributed by atoms with Gasteiger partial charge >= 0.3 is 0 Å². The first kappa shape index (κ1) is 24.0. The van der Waals surface area contributed by atoms with Gasteiger partial charge in [-0.2, -0.15) is 0 Å². The molecule has 0 atom stereocenters. The molecule has 1 aromatic heterocycles. The molecule has 8 nitrogen and oxygen atoms in total. The fraction of sp³-hybridized carbons (Fsp3) is 0.120. The number of primary amides is 1. The van der Waals surface area contributed by atoms with Crippen LogP contribution in [-0.2, 0) is 9.59 Å². The van der Waals surface area contributed by atoms with E-state index in [1.165, 1.54) is 18.2 Å². The summed E-state index contributed by atoms with van der Waals surface area (Å²) in [6, 6.07) is 14.0. The normalized spacial score (nSPS) is 14.6. The van der Waals surface area contributed by atoms with Crippen molar-refractivity contribution in [3.63, 3.8) is 0 Å². The second-order valence-corrected chi connectivity index (χ2v) is 8.89. The van der Waals surface area contributed by atoms with Gasteiger partial charge in [-0.1, -0.05) is 6.07 Å². The standard InChI is InChI=1S/C25H21FN4O4S/c1-14-10-17(15(2)30(14)20-8-6-16(7-9-20)23(27)32)11-21-24(33)29(25(34)35-21)13-22(31)28-19-5-3-4-18(26)12-19/h3-12H,13H2,1-2H3,(H2,27,32)(H,28,31)/b21-11+. The van der Waals surface area contributed by atoms with E-state index in [4.69, 9.17) is 5.73 Å². The summed E-state index contributed by atoms with van der Waals surface area (Å²) in [6.45, 7) is 3.29. The molecule has 1 fully saturated rings. The molecule has 10 heteroatoms. The summed E-state index contributed by atoms with van der Waals surface area (Å²) in [5.74, 6) is -2.22. The maximum atomic E-state index is 13.3. The first-order valence-electron chi connectivity index (χ1n) is 10.5. The van der Waals surface area contributed by atoms with Crippen molar-refractivity contribution in [1.29, 1.82) is 0 Å². The van der Waals surface area contributed by atoms with Gasteiger partial charge in [-0.3, -0.25) is 24.1 Å². The summed E-state index contributed by atoms with van der Waals surface area (Å²) < 4.78 is 15.3. The van der Waals surface area contributed by atoms with E-state index >= 15 is 0 Å². The summed E-state index contributed by atoms with van der Waals surface area (Å²) in [7, 11) is 0. The van der Waals surface area contributed by atoms with E-state index in [0.717, 1.165) is 45.4 Å². The molecular formula is C25H21FN4O4S. The molecule has 178 valence electrons. The Labute approximate surface area is 204 Å². The van der Waals surface area contributed by atoms with Crippen LogP contribution in [0.25, 0.3) is 11.8 Å². The molecule has 3 N–H and O–H groups in total. The third-order valence-corrected chi connectivity index (χ3v) is 6.36. The highest BCUT2D eigenvalue weighted by Gasteiger charge is 2.36. The van der Waals surface area contributed by atoms with E-state index in [0.29, 0.717) is 5.56 Å². The maximum Gasteiger partial charge on any atom is 0.294 e. The predicted octanol–water partition coefficient (Wildman–Crippen LogP) is 4.01. The summed E-state index contributed by atoms with van der Waals surface area (Å²) in [5.41, 5.74) is 9.19. The lowest BCUT2D eigenvalue weighted by molar-refractivity contribution is -0.127. The van der Waals surface area contributed by atoms with Gasteiger partial charge in [0.05, 0.1) is 4.91 Å². The molecule has 4 amide bonds. The second kappa shape index (κ2) is 9.59. The fourth-order valence-corrected chi connectivity index (χ4v) is 4.62. The highest BCUT2D eigenvalue weighted by Crippen LogP contribution is 2.33. The molecule has 0 radical (unpaired) electrons. The van der Waals surface area contributed by atoms with Crippen LogP contribution >= 0.6 is 11.8 Å². The van der Waals surface area contributed by atoms with E-state index in [1.54, 1.807) is 30.3 Å². The molecule has 1 aliphatic heterocycles. The molecule has 2 aromatic carbocycles. The number of rotatable bonds is 6. The zero-order valence-corrected chi connectivity index (χ0v) is 19.7. The molecule has 0 saturated carbocycles. The van der Waals surface area contributed by atoms with Gasteiger partial charge in [-0.15, -0.1) is 0 Å². The molecule has 0 bridgehead atoms. The van der Waals surface area contributed by atoms with Crippen molar-refractivity contribution in [2.45, 2.75) is 13.8 Å². The zero-order valence-electron chi connectivity index (χ0n) is 18.9. The number of imide groups is 1. The van der Waals surface area contributed by atoms with Crippen LogP contribution in [0.3, 0.4) is 0 Å². The Balaban J connectivity index is 1.53. The van der Waals surface area contributed by atoms with Gasteiger partial charge < -0.3 is 15.6 Å². The van der Waals surface area contributed by atoms with E-state index in [1.807, 2.05) is 24.5 Å². The van der Waals surface area contributed by atoms with Crippen molar-refractivity contribution in [3.8, 4) is 5.69 Å². The number of hydrogen-bond acceptors (Lipinski definition) is 5. The number of aryl methyl sites for hydroxylation is 1. The smallest absolute Gasteiger partial charge is 0.294 e. The van der Waals surface area contributed by atoms with Crippen LogP contribution in [0.4, 0.5) is 14.9 Å². The van der Waals surface area contributed by atoms with Gasteiger partial charge in [0.25, 0.3) is 11.1 Å². The molecule has 35 heavy (non-hydrogen) atoms. The SMILES string of the molecule is Cc1cc(/C=C2/SC(=O)N(CC(=O)Nc3cccc(F)c3)C2=O)c(C)n1-c1ccc(C(N)=O)cc1. The summed E-state index contributed by atoms with van der Waals surface area (Å²) in [4.78, 5) is 50.0. The number of benzene rings is 2. The van der Waals surface area contributed by atoms with Crippen LogP contribution in [0.5, 0.6) is 0 Å². The quantitative estimate of drug-likeness (QED) is 0.505. The molecular weight excluding hydrogens is 471 g/mol. The van der Waals surface area contributed by atoms with Crippen LogP contribution in [0.2, 0.25) is 0 Å². The van der Waals surface area contributed by atoms with E-state index in [-0.39, 0.29) is 10.6 Å². The lowest BCUT2D eigenvalue weighted by Gasteiger charge is -2.12. The molecule has 0 unspecified atom stereocenters. The number of carbonyl (C=O) groups is 4. The molecule has 0 aliphatic carbocycles. The van der Waals surface area contributed by atoms with Crippen molar-refractivity contribution in [1.82, 2.24) is 9.47 Å². The van der Waals surface area contributed by atoms with E-state index in [2.05, 4.69) is 5.32 Å². The monoisotopic (exact) mass is 492 g/mol. The zero-order chi connectivity index (χ0) is 25.3. The van der Waals surface area contributed by atoms with Crippen LogP contribution < -0.4 is 11.1 Å². The predicted molar refractivity (Wildman–Crippen MR) is 131 cm³/mol. The van der Waals surface area contributed by atoms with Crippen LogP contribution in [0.15, 0.2) is 59.5 Å². The molecule has 3 aromatic rings. The largest absolute Gasteiger partial charge is 0.366 e. The van der Waals surface area contributed by atoms with E-state index in [9.17, 15) is 23.6 Å². The highest BCUT2D eigenvalue weighted by atomic mass is 32.2. The van der Waals surface area contributed by atoms with Gasteiger partial charge in [0.1, 0.15) is 12.4 Å². The Morgan fingerprint density at radius 1 is 1.09 bits per heavy atom. The summed E-state index contributed by atoms with van der Waals surface area (Å²) in [5, 5.41) is 1.91. The van der Waals surface area contributed by atoms with Gasteiger partial charge in [0.2, 0.25) is 11.8 Å². The number of halogens is 1.